The third-order valence-electron chi connectivity index (χ3n) is 3.85. The number of aromatic nitrogens is 1. The Kier molecular flexibility index (Phi) is 5.38. The van der Waals surface area contributed by atoms with Crippen LogP contribution < -0.4 is 10.2 Å². The van der Waals surface area contributed by atoms with Crippen LogP contribution in [0.25, 0.3) is 0 Å². The van der Waals surface area contributed by atoms with E-state index in [1.807, 2.05) is 6.20 Å². The highest BCUT2D eigenvalue weighted by Gasteiger charge is 2.22. The van der Waals surface area contributed by atoms with E-state index in [1.165, 1.54) is 24.1 Å². The molecule has 1 aliphatic rings. The minimum Gasteiger partial charge on any atom is -0.383 e. The third kappa shape index (κ3) is 3.93. The van der Waals surface area contributed by atoms with Gasteiger partial charge >= 0.3 is 0 Å². The maximum absolute atomic E-state index is 5.31. The van der Waals surface area contributed by atoms with Crippen LogP contribution in [0.3, 0.4) is 0 Å². The van der Waals surface area contributed by atoms with Crippen molar-refractivity contribution >= 4 is 5.69 Å². The summed E-state index contributed by atoms with van der Waals surface area (Å²) >= 11 is 0. The van der Waals surface area contributed by atoms with E-state index in [0.717, 1.165) is 31.4 Å². The average molecular weight is 277 g/mol. The number of rotatable bonds is 8. The van der Waals surface area contributed by atoms with Gasteiger partial charge in [0.1, 0.15) is 0 Å². The third-order valence-corrected chi connectivity index (χ3v) is 3.85. The van der Waals surface area contributed by atoms with Gasteiger partial charge in [-0.25, -0.2) is 0 Å². The Labute approximate surface area is 122 Å². The van der Waals surface area contributed by atoms with Crippen LogP contribution in [0.2, 0.25) is 0 Å². The summed E-state index contributed by atoms with van der Waals surface area (Å²) in [6.45, 7) is 9.08. The van der Waals surface area contributed by atoms with Crippen LogP contribution in [-0.2, 0) is 11.3 Å². The lowest BCUT2D eigenvalue weighted by Crippen LogP contribution is -2.37. The Balaban J connectivity index is 2.18. The van der Waals surface area contributed by atoms with Gasteiger partial charge in [-0.3, -0.25) is 4.98 Å². The van der Waals surface area contributed by atoms with Crippen molar-refractivity contribution in [2.75, 3.05) is 25.2 Å². The molecule has 0 saturated heterocycles. The molecule has 20 heavy (non-hydrogen) atoms. The van der Waals surface area contributed by atoms with E-state index in [2.05, 4.69) is 42.0 Å². The lowest BCUT2D eigenvalue weighted by molar-refractivity contribution is 0.182. The Morgan fingerprint density at radius 2 is 2.25 bits per heavy atom. The van der Waals surface area contributed by atoms with Gasteiger partial charge in [0.2, 0.25) is 0 Å². The van der Waals surface area contributed by atoms with Crippen LogP contribution in [0.4, 0.5) is 5.69 Å². The van der Waals surface area contributed by atoms with Gasteiger partial charge in [-0.15, -0.1) is 0 Å². The summed E-state index contributed by atoms with van der Waals surface area (Å²) in [5, 5.41) is 3.58. The Morgan fingerprint density at radius 1 is 1.50 bits per heavy atom. The summed E-state index contributed by atoms with van der Waals surface area (Å²) in [6.07, 6.45) is 4.64. The second kappa shape index (κ2) is 7.04. The molecule has 2 rings (SSSR count). The molecule has 0 radical (unpaired) electrons. The van der Waals surface area contributed by atoms with Crippen LogP contribution in [0.5, 0.6) is 0 Å². The molecule has 1 aliphatic carbocycles. The summed E-state index contributed by atoms with van der Waals surface area (Å²) in [7, 11) is 1.76. The van der Waals surface area contributed by atoms with Crippen molar-refractivity contribution in [3.63, 3.8) is 0 Å². The second-order valence-corrected chi connectivity index (χ2v) is 5.70. The van der Waals surface area contributed by atoms with Gasteiger partial charge < -0.3 is 15.0 Å². The van der Waals surface area contributed by atoms with Crippen LogP contribution in [0.15, 0.2) is 12.3 Å². The van der Waals surface area contributed by atoms with Crippen LogP contribution in [-0.4, -0.2) is 37.3 Å². The Morgan fingerprint density at radius 3 is 2.85 bits per heavy atom. The first-order valence-electron chi connectivity index (χ1n) is 7.60. The normalized spacial score (nSPS) is 16.2. The van der Waals surface area contributed by atoms with Gasteiger partial charge in [0.05, 0.1) is 6.61 Å². The standard InChI is InChI=1S/C16H27N3O/c1-5-19(13(3)11-20-4)16-8-12(2)17-9-14(16)10-18-15-6-7-15/h8-9,13,15,18H,5-7,10-11H2,1-4H3. The average Bonchev–Trinajstić information content (AvgIpc) is 3.23. The zero-order valence-electron chi connectivity index (χ0n) is 13.1. The molecule has 0 amide bonds. The van der Waals surface area contributed by atoms with Gasteiger partial charge in [0.15, 0.2) is 0 Å². The first-order valence-corrected chi connectivity index (χ1v) is 7.60. The number of anilines is 1. The number of ether oxygens (including phenoxy) is 1. The molecule has 0 aromatic carbocycles. The number of nitrogens with zero attached hydrogens (tertiary/aromatic N) is 2. The maximum Gasteiger partial charge on any atom is 0.0663 e. The van der Waals surface area contributed by atoms with Crippen molar-refractivity contribution in [3.8, 4) is 0 Å². The molecule has 0 aliphatic heterocycles. The smallest absolute Gasteiger partial charge is 0.0663 e. The van der Waals surface area contributed by atoms with Crippen molar-refractivity contribution in [2.24, 2.45) is 0 Å². The number of pyridine rings is 1. The maximum atomic E-state index is 5.31. The number of methoxy groups -OCH3 is 1. The van der Waals surface area contributed by atoms with E-state index in [9.17, 15) is 0 Å². The topological polar surface area (TPSA) is 37.4 Å². The molecule has 1 fully saturated rings. The highest BCUT2D eigenvalue weighted by molar-refractivity contribution is 5.54. The van der Waals surface area contributed by atoms with E-state index in [4.69, 9.17) is 4.74 Å². The fourth-order valence-corrected chi connectivity index (χ4v) is 2.57. The molecule has 0 spiro atoms. The number of likely N-dealkylation sites (N-methyl/N-ethyl adjacent to an activating group) is 1. The molecular formula is C16H27N3O. The van der Waals surface area contributed by atoms with Crippen molar-refractivity contribution in [1.82, 2.24) is 10.3 Å². The summed E-state index contributed by atoms with van der Waals surface area (Å²) in [6, 6.07) is 3.28. The van der Waals surface area contributed by atoms with Gasteiger partial charge in [0.25, 0.3) is 0 Å². The quantitative estimate of drug-likeness (QED) is 0.792. The van der Waals surface area contributed by atoms with E-state index in [-0.39, 0.29) is 0 Å². The molecule has 1 aromatic heterocycles. The molecule has 1 N–H and O–H groups in total. The number of hydrogen-bond donors (Lipinski definition) is 1. The highest BCUT2D eigenvalue weighted by atomic mass is 16.5. The SMILES string of the molecule is CCN(c1cc(C)ncc1CNC1CC1)C(C)COC. The molecule has 1 unspecified atom stereocenters. The molecule has 1 heterocycles. The van der Waals surface area contributed by atoms with Crippen LogP contribution in [0.1, 0.15) is 37.9 Å². The monoisotopic (exact) mass is 277 g/mol. The van der Waals surface area contributed by atoms with Gasteiger partial charge in [-0.05, 0) is 39.7 Å². The van der Waals surface area contributed by atoms with Crippen molar-refractivity contribution in [2.45, 2.75) is 52.2 Å². The van der Waals surface area contributed by atoms with Crippen molar-refractivity contribution < 1.29 is 4.74 Å². The Bertz CT molecular complexity index is 432. The molecule has 4 heteroatoms. The van der Waals surface area contributed by atoms with E-state index in [0.29, 0.717) is 6.04 Å². The molecule has 4 nitrogen and oxygen atoms in total. The lowest BCUT2D eigenvalue weighted by Gasteiger charge is -2.31. The molecular weight excluding hydrogens is 250 g/mol. The minimum atomic E-state index is 0.367. The summed E-state index contributed by atoms with van der Waals surface area (Å²) in [5.41, 5.74) is 3.64. The molecule has 0 bridgehead atoms. The fourth-order valence-electron chi connectivity index (χ4n) is 2.57. The largest absolute Gasteiger partial charge is 0.383 e. The first-order chi connectivity index (χ1) is 9.65. The van der Waals surface area contributed by atoms with E-state index in [1.54, 1.807) is 7.11 Å². The fraction of sp³-hybridized carbons (Fsp3) is 0.688. The molecule has 112 valence electrons. The molecule has 1 aromatic rings. The summed E-state index contributed by atoms with van der Waals surface area (Å²) in [5.74, 6) is 0. The number of aryl methyl sites for hydroxylation is 1. The predicted octanol–water partition coefficient (Wildman–Crippen LogP) is 2.50. The summed E-state index contributed by atoms with van der Waals surface area (Å²) in [4.78, 5) is 6.87. The van der Waals surface area contributed by atoms with Crippen LogP contribution in [0, 0.1) is 6.92 Å². The zero-order valence-corrected chi connectivity index (χ0v) is 13.1. The van der Waals surface area contributed by atoms with Crippen LogP contribution >= 0.6 is 0 Å². The first kappa shape index (κ1) is 15.3. The highest BCUT2D eigenvalue weighted by Crippen LogP contribution is 2.25. The lowest BCUT2D eigenvalue weighted by atomic mass is 10.1. The van der Waals surface area contributed by atoms with E-state index >= 15 is 0 Å². The van der Waals surface area contributed by atoms with Gasteiger partial charge in [-0.2, -0.15) is 0 Å². The zero-order chi connectivity index (χ0) is 14.5. The Hall–Kier alpha value is -1.13. The predicted molar refractivity (Wildman–Crippen MR) is 83.2 cm³/mol. The number of hydrogen-bond acceptors (Lipinski definition) is 4. The molecule has 1 saturated carbocycles. The van der Waals surface area contributed by atoms with E-state index < -0.39 is 0 Å². The summed E-state index contributed by atoms with van der Waals surface area (Å²) < 4.78 is 5.31. The second-order valence-electron chi connectivity index (χ2n) is 5.70. The van der Waals surface area contributed by atoms with Crippen molar-refractivity contribution in [1.29, 1.82) is 0 Å². The van der Waals surface area contributed by atoms with Crippen molar-refractivity contribution in [3.05, 3.63) is 23.5 Å². The van der Waals surface area contributed by atoms with Gasteiger partial charge in [0, 0.05) is 55.4 Å². The van der Waals surface area contributed by atoms with Gasteiger partial charge in [-0.1, -0.05) is 0 Å². The molecule has 1 atom stereocenters. The minimum absolute atomic E-state index is 0.367. The number of nitrogens with one attached hydrogen (secondary N) is 1.